The van der Waals surface area contributed by atoms with Gasteiger partial charge >= 0.3 is 0 Å². The molecule has 0 aliphatic rings. The van der Waals surface area contributed by atoms with Crippen molar-refractivity contribution in [2.24, 2.45) is 0 Å². The number of hydrogen-bond acceptors (Lipinski definition) is 4. The predicted molar refractivity (Wildman–Crippen MR) is 68.0 cm³/mol. The molecule has 17 heavy (non-hydrogen) atoms. The Morgan fingerprint density at radius 3 is 3.00 bits per heavy atom. The number of H-pyrrole nitrogens is 1. The molecule has 0 fully saturated rings. The SMILES string of the molecule is Nc1[nH]ncc1Nc1ccc2ncccc2c1. The van der Waals surface area contributed by atoms with Crippen LogP contribution in [-0.4, -0.2) is 15.2 Å². The molecule has 2 heterocycles. The fourth-order valence-electron chi connectivity index (χ4n) is 1.70. The number of rotatable bonds is 2. The van der Waals surface area contributed by atoms with Crippen LogP contribution in [-0.2, 0) is 0 Å². The number of hydrogen-bond donors (Lipinski definition) is 3. The van der Waals surface area contributed by atoms with Crippen LogP contribution < -0.4 is 11.1 Å². The minimum atomic E-state index is 0.524. The first kappa shape index (κ1) is 9.65. The number of aromatic nitrogens is 3. The standard InChI is InChI=1S/C12H11N5/c13-12-11(7-15-17-12)16-9-3-4-10-8(6-9)2-1-5-14-10/h1-7,16H,(H3,13,15,17). The second-order valence-electron chi connectivity index (χ2n) is 3.73. The third-order valence-corrected chi connectivity index (χ3v) is 2.55. The number of aromatic amines is 1. The van der Waals surface area contributed by atoms with Gasteiger partial charge in [-0.25, -0.2) is 0 Å². The van der Waals surface area contributed by atoms with Crippen LogP contribution in [0.2, 0.25) is 0 Å². The Morgan fingerprint density at radius 1 is 1.24 bits per heavy atom. The van der Waals surface area contributed by atoms with Crippen LogP contribution in [0, 0.1) is 0 Å². The van der Waals surface area contributed by atoms with Gasteiger partial charge in [0.1, 0.15) is 11.5 Å². The van der Waals surface area contributed by atoms with E-state index in [1.54, 1.807) is 12.4 Å². The number of anilines is 3. The smallest absolute Gasteiger partial charge is 0.143 e. The molecule has 0 unspecified atom stereocenters. The molecule has 84 valence electrons. The highest BCUT2D eigenvalue weighted by Crippen LogP contribution is 2.23. The molecule has 3 aromatic rings. The van der Waals surface area contributed by atoms with Crippen molar-refractivity contribution >= 4 is 28.1 Å². The Labute approximate surface area is 97.7 Å². The van der Waals surface area contributed by atoms with Crippen molar-refractivity contribution in [2.75, 3.05) is 11.1 Å². The number of nitrogens with one attached hydrogen (secondary N) is 2. The zero-order chi connectivity index (χ0) is 11.7. The van der Waals surface area contributed by atoms with Crippen LogP contribution >= 0.6 is 0 Å². The summed E-state index contributed by atoms with van der Waals surface area (Å²) in [6.07, 6.45) is 3.44. The summed E-state index contributed by atoms with van der Waals surface area (Å²) in [6, 6.07) is 9.88. The van der Waals surface area contributed by atoms with Gasteiger partial charge in [0.25, 0.3) is 0 Å². The maximum atomic E-state index is 5.71. The molecule has 0 amide bonds. The molecule has 0 spiro atoms. The van der Waals surface area contributed by atoms with Crippen molar-refractivity contribution in [1.29, 1.82) is 0 Å². The molecule has 0 radical (unpaired) electrons. The molecule has 5 heteroatoms. The monoisotopic (exact) mass is 225 g/mol. The van der Waals surface area contributed by atoms with E-state index in [1.807, 2.05) is 30.3 Å². The maximum Gasteiger partial charge on any atom is 0.143 e. The molecule has 0 aliphatic heterocycles. The first-order chi connectivity index (χ1) is 8.33. The van der Waals surface area contributed by atoms with Gasteiger partial charge in [-0.05, 0) is 24.3 Å². The fraction of sp³-hybridized carbons (Fsp3) is 0. The average Bonchev–Trinajstić information content (AvgIpc) is 2.75. The Morgan fingerprint density at radius 2 is 2.18 bits per heavy atom. The first-order valence-electron chi connectivity index (χ1n) is 5.23. The lowest BCUT2D eigenvalue weighted by molar-refractivity contribution is 1.10. The highest BCUT2D eigenvalue weighted by Gasteiger charge is 2.02. The van der Waals surface area contributed by atoms with Crippen molar-refractivity contribution in [3.05, 3.63) is 42.7 Å². The van der Waals surface area contributed by atoms with E-state index in [1.165, 1.54) is 0 Å². The number of nitrogen functional groups attached to an aromatic ring is 1. The van der Waals surface area contributed by atoms with Crippen LogP contribution in [0.25, 0.3) is 10.9 Å². The summed E-state index contributed by atoms with van der Waals surface area (Å²) < 4.78 is 0. The molecule has 0 atom stereocenters. The molecule has 3 rings (SSSR count). The highest BCUT2D eigenvalue weighted by molar-refractivity contribution is 5.83. The van der Waals surface area contributed by atoms with Gasteiger partial charge < -0.3 is 11.1 Å². The van der Waals surface area contributed by atoms with Crippen LogP contribution in [0.15, 0.2) is 42.7 Å². The highest BCUT2D eigenvalue weighted by atomic mass is 15.2. The van der Waals surface area contributed by atoms with Gasteiger partial charge in [-0.2, -0.15) is 5.10 Å². The minimum absolute atomic E-state index is 0.524. The van der Waals surface area contributed by atoms with E-state index in [2.05, 4.69) is 20.5 Å². The number of pyridine rings is 1. The molecule has 0 saturated carbocycles. The second kappa shape index (κ2) is 3.79. The lowest BCUT2D eigenvalue weighted by Gasteiger charge is -2.05. The third-order valence-electron chi connectivity index (χ3n) is 2.55. The summed E-state index contributed by atoms with van der Waals surface area (Å²) in [5, 5.41) is 10.8. The van der Waals surface area contributed by atoms with Gasteiger partial charge in [0.15, 0.2) is 0 Å². The van der Waals surface area contributed by atoms with Crippen LogP contribution in [0.1, 0.15) is 0 Å². The van der Waals surface area contributed by atoms with E-state index in [0.29, 0.717) is 5.82 Å². The molecule has 5 nitrogen and oxygen atoms in total. The molecule has 1 aromatic carbocycles. The Balaban J connectivity index is 1.99. The van der Waals surface area contributed by atoms with Crippen molar-refractivity contribution in [2.45, 2.75) is 0 Å². The van der Waals surface area contributed by atoms with Crippen LogP contribution in [0.4, 0.5) is 17.2 Å². The van der Waals surface area contributed by atoms with Crippen molar-refractivity contribution in [3.63, 3.8) is 0 Å². The van der Waals surface area contributed by atoms with Gasteiger partial charge in [0, 0.05) is 17.3 Å². The quantitative estimate of drug-likeness (QED) is 0.625. The Hall–Kier alpha value is -2.56. The summed E-state index contributed by atoms with van der Waals surface area (Å²) in [5.41, 5.74) is 8.41. The zero-order valence-corrected chi connectivity index (χ0v) is 9.01. The van der Waals surface area contributed by atoms with E-state index in [-0.39, 0.29) is 0 Å². The molecule has 0 aliphatic carbocycles. The topological polar surface area (TPSA) is 79.6 Å². The van der Waals surface area contributed by atoms with Gasteiger partial charge in [-0.15, -0.1) is 0 Å². The van der Waals surface area contributed by atoms with Gasteiger partial charge in [0.2, 0.25) is 0 Å². The number of benzene rings is 1. The van der Waals surface area contributed by atoms with Crippen LogP contribution in [0.3, 0.4) is 0 Å². The summed E-state index contributed by atoms with van der Waals surface area (Å²) in [5.74, 6) is 0.524. The molecule has 0 saturated heterocycles. The number of nitrogens with two attached hydrogens (primary N) is 1. The molecular formula is C12H11N5. The fourth-order valence-corrected chi connectivity index (χ4v) is 1.70. The maximum absolute atomic E-state index is 5.71. The Bertz CT molecular complexity index is 659. The van der Waals surface area contributed by atoms with Crippen molar-refractivity contribution < 1.29 is 0 Å². The lowest BCUT2D eigenvalue weighted by atomic mass is 10.2. The minimum Gasteiger partial charge on any atom is -0.382 e. The van der Waals surface area contributed by atoms with Gasteiger partial charge in [-0.3, -0.25) is 10.1 Å². The van der Waals surface area contributed by atoms with E-state index in [4.69, 9.17) is 5.73 Å². The summed E-state index contributed by atoms with van der Waals surface area (Å²) in [6.45, 7) is 0. The zero-order valence-electron chi connectivity index (χ0n) is 9.01. The van der Waals surface area contributed by atoms with Crippen molar-refractivity contribution in [3.8, 4) is 0 Å². The van der Waals surface area contributed by atoms with E-state index in [0.717, 1.165) is 22.3 Å². The number of fused-ring (bicyclic) bond motifs is 1. The first-order valence-corrected chi connectivity index (χ1v) is 5.23. The average molecular weight is 225 g/mol. The summed E-state index contributed by atoms with van der Waals surface area (Å²) >= 11 is 0. The van der Waals surface area contributed by atoms with Crippen LogP contribution in [0.5, 0.6) is 0 Å². The normalized spacial score (nSPS) is 10.6. The molecular weight excluding hydrogens is 214 g/mol. The molecule has 2 aromatic heterocycles. The van der Waals surface area contributed by atoms with Gasteiger partial charge in [0.05, 0.1) is 11.7 Å². The largest absolute Gasteiger partial charge is 0.382 e. The third kappa shape index (κ3) is 1.78. The molecule has 0 bridgehead atoms. The summed E-state index contributed by atoms with van der Waals surface area (Å²) in [7, 11) is 0. The van der Waals surface area contributed by atoms with E-state index in [9.17, 15) is 0 Å². The summed E-state index contributed by atoms with van der Waals surface area (Å²) in [4.78, 5) is 4.27. The second-order valence-corrected chi connectivity index (χ2v) is 3.73. The Kier molecular flexibility index (Phi) is 2.15. The predicted octanol–water partition coefficient (Wildman–Crippen LogP) is 2.28. The lowest BCUT2D eigenvalue weighted by Crippen LogP contribution is -1.94. The van der Waals surface area contributed by atoms with Crippen molar-refractivity contribution in [1.82, 2.24) is 15.2 Å². The molecule has 4 N–H and O–H groups in total. The number of nitrogens with zero attached hydrogens (tertiary/aromatic N) is 2. The van der Waals surface area contributed by atoms with E-state index < -0.39 is 0 Å². The van der Waals surface area contributed by atoms with E-state index >= 15 is 0 Å². The van der Waals surface area contributed by atoms with Gasteiger partial charge in [-0.1, -0.05) is 6.07 Å².